The number of aromatic nitrogens is 1. The lowest BCUT2D eigenvalue weighted by molar-refractivity contribution is 0.0957. The van der Waals surface area contributed by atoms with Crippen molar-refractivity contribution in [3.05, 3.63) is 40.7 Å². The van der Waals surface area contributed by atoms with E-state index in [-0.39, 0.29) is 36.5 Å². The molecule has 0 radical (unpaired) electrons. The van der Waals surface area contributed by atoms with Crippen molar-refractivity contribution in [1.82, 2.24) is 15.6 Å². The number of carbonyl (C=O) groups excluding carboxylic acids is 1. The molecular formula is C15H20Cl2FN3OS. The number of likely N-dealkylation sites (N-methyl/N-ethyl adjacent to an activating group) is 1. The minimum absolute atomic E-state index is 0. The van der Waals surface area contributed by atoms with E-state index in [1.165, 1.54) is 23.5 Å². The van der Waals surface area contributed by atoms with E-state index in [0.717, 1.165) is 23.7 Å². The Morgan fingerprint density at radius 1 is 1.22 bits per heavy atom. The highest BCUT2D eigenvalue weighted by atomic mass is 35.5. The zero-order valence-electron chi connectivity index (χ0n) is 12.9. The van der Waals surface area contributed by atoms with Crippen LogP contribution in [-0.4, -0.2) is 30.5 Å². The molecule has 0 saturated heterocycles. The molecule has 0 spiro atoms. The number of benzene rings is 1. The monoisotopic (exact) mass is 379 g/mol. The summed E-state index contributed by atoms with van der Waals surface area (Å²) in [5, 5.41) is 6.73. The van der Waals surface area contributed by atoms with Gasteiger partial charge in [-0.2, -0.15) is 0 Å². The Kier molecular flexibility index (Phi) is 9.99. The van der Waals surface area contributed by atoms with Gasteiger partial charge in [0.1, 0.15) is 15.7 Å². The normalized spacial score (nSPS) is 9.70. The van der Waals surface area contributed by atoms with Crippen LogP contribution in [0.2, 0.25) is 0 Å². The highest BCUT2D eigenvalue weighted by Gasteiger charge is 2.15. The fraction of sp³-hybridized carbons (Fsp3) is 0.333. The summed E-state index contributed by atoms with van der Waals surface area (Å²) in [6.07, 6.45) is 0. The number of rotatable bonds is 6. The highest BCUT2D eigenvalue weighted by molar-refractivity contribution is 7.17. The van der Waals surface area contributed by atoms with Crippen LogP contribution in [0, 0.1) is 12.7 Å². The molecule has 0 unspecified atom stereocenters. The summed E-state index contributed by atoms with van der Waals surface area (Å²) >= 11 is 1.32. The smallest absolute Gasteiger partial charge is 0.263 e. The minimum atomic E-state index is -0.284. The molecule has 1 aromatic heterocycles. The quantitative estimate of drug-likeness (QED) is 0.755. The van der Waals surface area contributed by atoms with Crippen molar-refractivity contribution in [2.45, 2.75) is 13.8 Å². The van der Waals surface area contributed by atoms with E-state index in [4.69, 9.17) is 0 Å². The third-order valence-electron chi connectivity index (χ3n) is 2.93. The molecular weight excluding hydrogens is 360 g/mol. The fourth-order valence-corrected chi connectivity index (χ4v) is 2.83. The number of aryl methyl sites for hydroxylation is 1. The van der Waals surface area contributed by atoms with Crippen molar-refractivity contribution in [1.29, 1.82) is 0 Å². The molecule has 128 valence electrons. The first-order valence-electron chi connectivity index (χ1n) is 6.84. The number of nitrogens with zero attached hydrogens (tertiary/aromatic N) is 1. The maximum absolute atomic E-state index is 12.9. The van der Waals surface area contributed by atoms with Gasteiger partial charge in [-0.25, -0.2) is 9.37 Å². The molecule has 2 rings (SSSR count). The average Bonchev–Trinajstić information content (AvgIpc) is 2.86. The highest BCUT2D eigenvalue weighted by Crippen LogP contribution is 2.27. The second-order valence-electron chi connectivity index (χ2n) is 4.55. The van der Waals surface area contributed by atoms with Gasteiger partial charge in [0.2, 0.25) is 0 Å². The van der Waals surface area contributed by atoms with E-state index in [9.17, 15) is 9.18 Å². The van der Waals surface area contributed by atoms with E-state index in [0.29, 0.717) is 17.1 Å². The molecule has 0 aliphatic carbocycles. The van der Waals surface area contributed by atoms with Gasteiger partial charge in [-0.15, -0.1) is 36.2 Å². The van der Waals surface area contributed by atoms with E-state index in [1.54, 1.807) is 12.1 Å². The Bertz CT molecular complexity index is 620. The van der Waals surface area contributed by atoms with Crippen molar-refractivity contribution in [3.8, 4) is 10.6 Å². The van der Waals surface area contributed by atoms with E-state index < -0.39 is 0 Å². The van der Waals surface area contributed by atoms with E-state index in [1.807, 2.05) is 13.8 Å². The molecule has 0 atom stereocenters. The van der Waals surface area contributed by atoms with Crippen molar-refractivity contribution in [3.63, 3.8) is 0 Å². The summed E-state index contributed by atoms with van der Waals surface area (Å²) in [4.78, 5) is 17.1. The molecule has 2 N–H and O–H groups in total. The lowest BCUT2D eigenvalue weighted by Gasteiger charge is -2.03. The van der Waals surface area contributed by atoms with Gasteiger partial charge in [0.25, 0.3) is 5.91 Å². The first-order valence-corrected chi connectivity index (χ1v) is 7.65. The molecule has 8 heteroatoms. The van der Waals surface area contributed by atoms with Gasteiger partial charge < -0.3 is 10.6 Å². The number of amides is 1. The third-order valence-corrected chi connectivity index (χ3v) is 4.14. The van der Waals surface area contributed by atoms with Gasteiger partial charge in [-0.1, -0.05) is 6.92 Å². The summed E-state index contributed by atoms with van der Waals surface area (Å²) in [7, 11) is 0. The first-order chi connectivity index (χ1) is 10.1. The van der Waals surface area contributed by atoms with E-state index >= 15 is 0 Å². The second-order valence-corrected chi connectivity index (χ2v) is 5.55. The Morgan fingerprint density at radius 2 is 1.87 bits per heavy atom. The van der Waals surface area contributed by atoms with Crippen molar-refractivity contribution >= 4 is 42.1 Å². The van der Waals surface area contributed by atoms with Crippen molar-refractivity contribution in [2.75, 3.05) is 19.6 Å². The van der Waals surface area contributed by atoms with Crippen molar-refractivity contribution in [2.24, 2.45) is 0 Å². The van der Waals surface area contributed by atoms with Gasteiger partial charge >= 0.3 is 0 Å². The lowest BCUT2D eigenvalue weighted by atomic mass is 10.2. The van der Waals surface area contributed by atoms with Crippen LogP contribution in [0.5, 0.6) is 0 Å². The summed E-state index contributed by atoms with van der Waals surface area (Å²) in [6, 6.07) is 6.12. The average molecular weight is 380 g/mol. The number of carbonyl (C=O) groups is 1. The maximum atomic E-state index is 12.9. The van der Waals surface area contributed by atoms with Gasteiger partial charge in [-0.3, -0.25) is 4.79 Å². The molecule has 2 aromatic rings. The third kappa shape index (κ3) is 6.06. The molecule has 1 heterocycles. The molecule has 23 heavy (non-hydrogen) atoms. The Morgan fingerprint density at radius 3 is 2.48 bits per heavy atom. The summed E-state index contributed by atoms with van der Waals surface area (Å²) in [5.41, 5.74) is 1.51. The van der Waals surface area contributed by atoms with Crippen LogP contribution in [0.25, 0.3) is 10.6 Å². The lowest BCUT2D eigenvalue weighted by Crippen LogP contribution is -2.31. The molecule has 1 amide bonds. The number of thiazole rings is 1. The van der Waals surface area contributed by atoms with Gasteiger partial charge in [0, 0.05) is 18.7 Å². The maximum Gasteiger partial charge on any atom is 0.263 e. The number of hydrogen-bond acceptors (Lipinski definition) is 4. The SMILES string of the molecule is CCNCCNC(=O)c1sc(-c2ccc(F)cc2)nc1C.Cl.Cl. The van der Waals surface area contributed by atoms with Gasteiger partial charge in [0.05, 0.1) is 5.69 Å². The molecule has 4 nitrogen and oxygen atoms in total. The molecule has 0 bridgehead atoms. The molecule has 1 aromatic carbocycles. The molecule has 0 aliphatic heterocycles. The predicted octanol–water partition coefficient (Wildman–Crippen LogP) is 3.44. The van der Waals surface area contributed by atoms with Crippen LogP contribution in [-0.2, 0) is 0 Å². The van der Waals surface area contributed by atoms with Crippen LogP contribution < -0.4 is 10.6 Å². The van der Waals surface area contributed by atoms with Crippen LogP contribution in [0.3, 0.4) is 0 Å². The van der Waals surface area contributed by atoms with E-state index in [2.05, 4.69) is 15.6 Å². The Balaban J connectivity index is 0.00000242. The van der Waals surface area contributed by atoms with Crippen LogP contribution in [0.4, 0.5) is 4.39 Å². The molecule has 0 fully saturated rings. The van der Waals surface area contributed by atoms with Gasteiger partial charge in [0.15, 0.2) is 0 Å². The zero-order chi connectivity index (χ0) is 15.2. The summed E-state index contributed by atoms with van der Waals surface area (Å²) in [5.74, 6) is -0.398. The summed E-state index contributed by atoms with van der Waals surface area (Å²) in [6.45, 7) is 6.03. The summed E-state index contributed by atoms with van der Waals surface area (Å²) < 4.78 is 12.9. The second kappa shape index (κ2) is 10.5. The fourth-order valence-electron chi connectivity index (χ4n) is 1.84. The topological polar surface area (TPSA) is 54.0 Å². The number of halogens is 3. The first kappa shape index (κ1) is 21.8. The predicted molar refractivity (Wildman–Crippen MR) is 97.6 cm³/mol. The number of hydrogen-bond donors (Lipinski definition) is 2. The van der Waals surface area contributed by atoms with Crippen LogP contribution in [0.15, 0.2) is 24.3 Å². The zero-order valence-corrected chi connectivity index (χ0v) is 15.3. The Labute approximate surface area is 151 Å². The van der Waals surface area contributed by atoms with Crippen LogP contribution >= 0.6 is 36.2 Å². The molecule has 0 aliphatic rings. The largest absolute Gasteiger partial charge is 0.350 e. The standard InChI is InChI=1S/C15H18FN3OS.2ClH/c1-3-17-8-9-18-14(20)13-10(2)19-15(21-13)11-4-6-12(16)7-5-11;;/h4-7,17H,3,8-9H2,1-2H3,(H,18,20);2*1H. The minimum Gasteiger partial charge on any atom is -0.350 e. The Hall–Kier alpha value is -1.21. The van der Waals surface area contributed by atoms with Gasteiger partial charge in [-0.05, 0) is 37.7 Å². The number of nitrogens with one attached hydrogen (secondary N) is 2. The molecule has 0 saturated carbocycles. The van der Waals surface area contributed by atoms with Crippen molar-refractivity contribution < 1.29 is 9.18 Å². The van der Waals surface area contributed by atoms with Crippen LogP contribution in [0.1, 0.15) is 22.3 Å².